The molecular formula is C24H42O. The third kappa shape index (κ3) is 8.79. The van der Waals surface area contributed by atoms with Crippen molar-refractivity contribution in [2.24, 2.45) is 5.92 Å². The van der Waals surface area contributed by atoms with E-state index in [0.29, 0.717) is 17.6 Å². The Morgan fingerprint density at radius 2 is 1.28 bits per heavy atom. The van der Waals surface area contributed by atoms with Gasteiger partial charge >= 0.3 is 0 Å². The minimum absolute atomic E-state index is 0.505. The van der Waals surface area contributed by atoms with E-state index in [1.807, 2.05) is 12.1 Å². The van der Waals surface area contributed by atoms with Gasteiger partial charge in [0.15, 0.2) is 0 Å². The molecule has 0 aromatic heterocycles. The molecule has 0 amide bonds. The maximum absolute atomic E-state index is 10.4. The van der Waals surface area contributed by atoms with Gasteiger partial charge in [0.05, 0.1) is 0 Å². The number of hydrogen-bond acceptors (Lipinski definition) is 1. The lowest BCUT2D eigenvalue weighted by molar-refractivity contribution is 0.333. The summed E-state index contributed by atoms with van der Waals surface area (Å²) in [5, 5.41) is 10.4. The molecule has 2 atom stereocenters. The molecule has 1 aromatic carbocycles. The Morgan fingerprint density at radius 3 is 1.92 bits per heavy atom. The Kier molecular flexibility index (Phi) is 12.5. The summed E-state index contributed by atoms with van der Waals surface area (Å²) in [7, 11) is 0. The van der Waals surface area contributed by atoms with Crippen molar-refractivity contribution in [3.63, 3.8) is 0 Å². The van der Waals surface area contributed by atoms with E-state index in [1.54, 1.807) is 0 Å². The molecule has 0 aliphatic carbocycles. The number of aromatic hydroxyl groups is 1. The molecule has 1 rings (SSSR count). The molecule has 0 aliphatic heterocycles. The molecule has 0 bridgehead atoms. The predicted octanol–water partition coefficient (Wildman–Crippen LogP) is 8.22. The highest BCUT2D eigenvalue weighted by molar-refractivity contribution is 5.35. The molecule has 0 spiro atoms. The van der Waals surface area contributed by atoms with Crippen molar-refractivity contribution in [2.45, 2.75) is 110 Å². The van der Waals surface area contributed by atoms with Crippen molar-refractivity contribution in [1.82, 2.24) is 0 Å². The second kappa shape index (κ2) is 14.2. The van der Waals surface area contributed by atoms with Crippen LogP contribution in [0.2, 0.25) is 0 Å². The van der Waals surface area contributed by atoms with Gasteiger partial charge in [0.1, 0.15) is 5.75 Å². The molecular weight excluding hydrogens is 304 g/mol. The highest BCUT2D eigenvalue weighted by Gasteiger charge is 2.23. The Hall–Kier alpha value is -0.980. The molecule has 0 saturated heterocycles. The molecule has 1 N–H and O–H groups in total. The largest absolute Gasteiger partial charge is 0.508 e. The normalized spacial score (nSPS) is 13.7. The van der Waals surface area contributed by atoms with E-state index < -0.39 is 0 Å². The first-order chi connectivity index (χ1) is 12.2. The number of benzene rings is 1. The van der Waals surface area contributed by atoms with E-state index in [2.05, 4.69) is 32.9 Å². The second-order valence-corrected chi connectivity index (χ2v) is 7.74. The van der Waals surface area contributed by atoms with E-state index in [-0.39, 0.29) is 0 Å². The summed E-state index contributed by atoms with van der Waals surface area (Å²) in [5.41, 5.74) is 1.19. The quantitative estimate of drug-likeness (QED) is 0.317. The van der Waals surface area contributed by atoms with Crippen molar-refractivity contribution < 1.29 is 5.11 Å². The molecule has 0 heterocycles. The topological polar surface area (TPSA) is 20.2 Å². The lowest BCUT2D eigenvalue weighted by atomic mass is 9.78. The van der Waals surface area contributed by atoms with Crippen LogP contribution in [0.15, 0.2) is 24.3 Å². The molecule has 1 nitrogen and oxygen atoms in total. The first-order valence-electron chi connectivity index (χ1n) is 11.0. The Labute approximate surface area is 157 Å². The molecule has 144 valence electrons. The Balaban J connectivity index is 2.64. The molecule has 0 aliphatic rings. The lowest BCUT2D eigenvalue weighted by Gasteiger charge is -2.28. The van der Waals surface area contributed by atoms with Gasteiger partial charge in [-0.05, 0) is 36.3 Å². The maximum Gasteiger partial charge on any atom is 0.119 e. The lowest BCUT2D eigenvalue weighted by Crippen LogP contribution is -2.13. The van der Waals surface area contributed by atoms with Crippen LogP contribution in [0.4, 0.5) is 0 Å². The summed E-state index contributed by atoms with van der Waals surface area (Å²) in [4.78, 5) is 0. The zero-order valence-corrected chi connectivity index (χ0v) is 17.1. The van der Waals surface area contributed by atoms with Gasteiger partial charge in [0.25, 0.3) is 0 Å². The fraction of sp³-hybridized carbons (Fsp3) is 0.750. The van der Waals surface area contributed by atoms with Crippen LogP contribution in [0, 0.1) is 5.92 Å². The number of hydrogen-bond donors (Lipinski definition) is 1. The van der Waals surface area contributed by atoms with Crippen LogP contribution in [0.25, 0.3) is 0 Å². The van der Waals surface area contributed by atoms with Gasteiger partial charge in [-0.15, -0.1) is 0 Å². The predicted molar refractivity (Wildman–Crippen MR) is 111 cm³/mol. The van der Waals surface area contributed by atoms with Gasteiger partial charge in [-0.3, -0.25) is 0 Å². The highest BCUT2D eigenvalue weighted by Crippen LogP contribution is 2.39. The molecule has 1 aromatic rings. The van der Waals surface area contributed by atoms with E-state index in [1.165, 1.54) is 89.0 Å². The fourth-order valence-electron chi connectivity index (χ4n) is 4.11. The number of unbranched alkanes of at least 4 members (excludes halogenated alkanes) is 8. The molecule has 1 heteroatoms. The zero-order valence-electron chi connectivity index (χ0n) is 17.1. The maximum atomic E-state index is 10.4. The van der Waals surface area contributed by atoms with Gasteiger partial charge in [-0.25, -0.2) is 0 Å². The van der Waals surface area contributed by atoms with Crippen molar-refractivity contribution in [3.05, 3.63) is 29.8 Å². The number of para-hydroxylation sites is 1. The number of phenols is 1. The third-order valence-corrected chi connectivity index (χ3v) is 5.73. The molecule has 0 fully saturated rings. The SMILES string of the molecule is CCCCCCCCC(c1ccccc1O)C(CC)CCCCCC. The molecule has 25 heavy (non-hydrogen) atoms. The van der Waals surface area contributed by atoms with Crippen molar-refractivity contribution >= 4 is 0 Å². The zero-order chi connectivity index (χ0) is 18.3. The summed E-state index contributed by atoms with van der Waals surface area (Å²) in [6.07, 6.45) is 17.2. The summed E-state index contributed by atoms with van der Waals surface area (Å²) in [6.45, 7) is 6.89. The van der Waals surface area contributed by atoms with Crippen LogP contribution >= 0.6 is 0 Å². The van der Waals surface area contributed by atoms with E-state index in [0.717, 1.165) is 0 Å². The van der Waals surface area contributed by atoms with Crippen LogP contribution in [0.3, 0.4) is 0 Å². The van der Waals surface area contributed by atoms with E-state index in [4.69, 9.17) is 0 Å². The molecule has 2 unspecified atom stereocenters. The Bertz CT molecular complexity index is 426. The van der Waals surface area contributed by atoms with Gasteiger partial charge in [-0.2, -0.15) is 0 Å². The monoisotopic (exact) mass is 346 g/mol. The summed E-state index contributed by atoms with van der Waals surface area (Å²) >= 11 is 0. The minimum Gasteiger partial charge on any atom is -0.508 e. The first-order valence-corrected chi connectivity index (χ1v) is 11.0. The molecule has 0 saturated carbocycles. The highest BCUT2D eigenvalue weighted by atomic mass is 16.3. The van der Waals surface area contributed by atoms with Crippen molar-refractivity contribution in [2.75, 3.05) is 0 Å². The van der Waals surface area contributed by atoms with E-state index >= 15 is 0 Å². The van der Waals surface area contributed by atoms with Gasteiger partial charge in [-0.1, -0.05) is 110 Å². The fourth-order valence-corrected chi connectivity index (χ4v) is 4.11. The second-order valence-electron chi connectivity index (χ2n) is 7.74. The molecule has 0 radical (unpaired) electrons. The summed E-state index contributed by atoms with van der Waals surface area (Å²) in [6, 6.07) is 8.06. The smallest absolute Gasteiger partial charge is 0.119 e. The number of rotatable bonds is 15. The van der Waals surface area contributed by atoms with Gasteiger partial charge < -0.3 is 5.11 Å². The first kappa shape index (κ1) is 22.1. The Morgan fingerprint density at radius 1 is 0.720 bits per heavy atom. The van der Waals surface area contributed by atoms with E-state index in [9.17, 15) is 5.11 Å². The van der Waals surface area contributed by atoms with Crippen molar-refractivity contribution in [3.8, 4) is 5.75 Å². The van der Waals surface area contributed by atoms with Gasteiger partial charge in [0.2, 0.25) is 0 Å². The standard InChI is InChI=1S/C24H42O/c1-4-7-9-11-12-14-18-22(23-19-15-16-20-24(23)25)21(6-3)17-13-10-8-5-2/h15-16,19-22,25H,4-14,17-18H2,1-3H3. The van der Waals surface area contributed by atoms with Crippen molar-refractivity contribution in [1.29, 1.82) is 0 Å². The average Bonchev–Trinajstić information content (AvgIpc) is 2.63. The number of phenolic OH excluding ortho intramolecular Hbond substituents is 1. The third-order valence-electron chi connectivity index (χ3n) is 5.73. The summed E-state index contributed by atoms with van der Waals surface area (Å²) < 4.78 is 0. The van der Waals surface area contributed by atoms with Crippen LogP contribution in [0.1, 0.15) is 116 Å². The summed E-state index contributed by atoms with van der Waals surface area (Å²) in [5.74, 6) is 1.74. The average molecular weight is 347 g/mol. The minimum atomic E-state index is 0.505. The van der Waals surface area contributed by atoms with Gasteiger partial charge in [0, 0.05) is 0 Å². The van der Waals surface area contributed by atoms with Crippen LogP contribution in [-0.4, -0.2) is 5.11 Å². The van der Waals surface area contributed by atoms with Crippen LogP contribution < -0.4 is 0 Å². The van der Waals surface area contributed by atoms with Crippen LogP contribution in [0.5, 0.6) is 5.75 Å². The van der Waals surface area contributed by atoms with Crippen LogP contribution in [-0.2, 0) is 0 Å².